The molecular weight excluding hydrogens is 255 g/mol. The number of hydrogen-bond acceptors (Lipinski definition) is 3. The third-order valence-electron chi connectivity index (χ3n) is 2.07. The molecule has 0 aromatic heterocycles. The van der Waals surface area contributed by atoms with E-state index < -0.39 is 11.9 Å². The predicted octanol–water partition coefficient (Wildman–Crippen LogP) is 3.12. The largest absolute Gasteiger partial charge is 0.430 e. The fraction of sp³-hybridized carbons (Fsp3) is 0.308. The molecule has 0 amide bonds. The molecular formula is C13H18F3N3. The fourth-order valence-electron chi connectivity index (χ4n) is 1.16. The number of rotatable bonds is 2. The van der Waals surface area contributed by atoms with Crippen LogP contribution in [0, 0.1) is 0 Å². The minimum absolute atomic E-state index is 0.153. The van der Waals surface area contributed by atoms with Gasteiger partial charge in [-0.25, -0.2) is 0 Å². The zero-order valence-corrected chi connectivity index (χ0v) is 11.1. The van der Waals surface area contributed by atoms with Crippen molar-refractivity contribution in [1.82, 2.24) is 0 Å². The summed E-state index contributed by atoms with van der Waals surface area (Å²) in [4.78, 5) is 3.76. The second-order valence-corrected chi connectivity index (χ2v) is 3.33. The Kier molecular flexibility index (Phi) is 6.68. The number of halogens is 3. The van der Waals surface area contributed by atoms with E-state index in [-0.39, 0.29) is 5.71 Å². The van der Waals surface area contributed by atoms with Crippen molar-refractivity contribution >= 4 is 11.4 Å². The average molecular weight is 273 g/mol. The Morgan fingerprint density at radius 2 is 1.63 bits per heavy atom. The lowest BCUT2D eigenvalue weighted by molar-refractivity contribution is -0.0925. The van der Waals surface area contributed by atoms with Gasteiger partial charge in [-0.1, -0.05) is 26.0 Å². The highest BCUT2D eigenvalue weighted by Crippen LogP contribution is 2.22. The smallest absolute Gasteiger partial charge is 0.399 e. The monoisotopic (exact) mass is 273 g/mol. The maximum absolute atomic E-state index is 12.3. The van der Waals surface area contributed by atoms with Crippen LogP contribution in [0.1, 0.15) is 19.4 Å². The first-order valence-electron chi connectivity index (χ1n) is 5.71. The molecule has 6 heteroatoms. The van der Waals surface area contributed by atoms with Crippen LogP contribution in [0.3, 0.4) is 0 Å². The number of nitrogens with two attached hydrogens (primary N) is 2. The lowest BCUT2D eigenvalue weighted by Gasteiger charge is -2.07. The summed E-state index contributed by atoms with van der Waals surface area (Å²) in [6.07, 6.45) is -3.75. The SMILES string of the molecule is CC.CN=C(/C=C(\N)C(F)(F)F)c1ccc(N)cc1. The number of allylic oxidation sites excluding steroid dienone is 2. The molecule has 0 saturated carbocycles. The van der Waals surface area contributed by atoms with E-state index in [1.807, 2.05) is 13.8 Å². The van der Waals surface area contributed by atoms with Crippen LogP contribution in [-0.2, 0) is 0 Å². The molecule has 0 aliphatic carbocycles. The van der Waals surface area contributed by atoms with E-state index >= 15 is 0 Å². The minimum atomic E-state index is -4.55. The lowest BCUT2D eigenvalue weighted by Crippen LogP contribution is -2.20. The van der Waals surface area contributed by atoms with E-state index in [1.54, 1.807) is 24.3 Å². The van der Waals surface area contributed by atoms with Gasteiger partial charge in [-0.15, -0.1) is 0 Å². The van der Waals surface area contributed by atoms with Crippen LogP contribution in [0.15, 0.2) is 41.0 Å². The molecule has 0 unspecified atom stereocenters. The standard InChI is InChI=1S/C11H12F3N3.C2H6/c1-17-9(6-10(16)11(12,13)14)7-2-4-8(15)5-3-7;1-2/h2-6H,15-16H2,1H3;1-2H3/b10-6-,17-9?;. The van der Waals surface area contributed by atoms with Crippen molar-refractivity contribution in [1.29, 1.82) is 0 Å². The van der Waals surface area contributed by atoms with Gasteiger partial charge in [0.1, 0.15) is 5.70 Å². The van der Waals surface area contributed by atoms with Gasteiger partial charge in [0.15, 0.2) is 0 Å². The van der Waals surface area contributed by atoms with Gasteiger partial charge in [-0.2, -0.15) is 13.2 Å². The highest BCUT2D eigenvalue weighted by atomic mass is 19.4. The van der Waals surface area contributed by atoms with Crippen molar-refractivity contribution in [3.05, 3.63) is 41.6 Å². The van der Waals surface area contributed by atoms with Gasteiger partial charge in [0, 0.05) is 12.7 Å². The van der Waals surface area contributed by atoms with Gasteiger partial charge in [0.05, 0.1) is 5.71 Å². The van der Waals surface area contributed by atoms with E-state index in [2.05, 4.69) is 4.99 Å². The zero-order valence-electron chi connectivity index (χ0n) is 11.1. The van der Waals surface area contributed by atoms with E-state index in [0.29, 0.717) is 11.3 Å². The molecule has 1 rings (SSSR count). The summed E-state index contributed by atoms with van der Waals surface area (Å²) in [5.41, 5.74) is 10.4. The van der Waals surface area contributed by atoms with Crippen LogP contribution in [0.4, 0.5) is 18.9 Å². The number of nitrogens with zero attached hydrogens (tertiary/aromatic N) is 1. The first-order chi connectivity index (χ1) is 8.84. The number of hydrogen-bond donors (Lipinski definition) is 2. The van der Waals surface area contributed by atoms with Gasteiger partial charge < -0.3 is 11.5 Å². The number of nitrogen functional groups attached to an aromatic ring is 1. The molecule has 0 aliphatic rings. The second kappa shape index (κ2) is 7.45. The molecule has 19 heavy (non-hydrogen) atoms. The van der Waals surface area contributed by atoms with Crippen LogP contribution in [0.25, 0.3) is 0 Å². The number of anilines is 1. The quantitative estimate of drug-likeness (QED) is 0.642. The van der Waals surface area contributed by atoms with Gasteiger partial charge in [0.2, 0.25) is 0 Å². The second-order valence-electron chi connectivity index (χ2n) is 3.33. The zero-order chi connectivity index (χ0) is 15.1. The summed E-state index contributed by atoms with van der Waals surface area (Å²) < 4.78 is 36.8. The van der Waals surface area contributed by atoms with Crippen molar-refractivity contribution in [3.63, 3.8) is 0 Å². The maximum Gasteiger partial charge on any atom is 0.430 e. The van der Waals surface area contributed by atoms with E-state index in [0.717, 1.165) is 6.08 Å². The molecule has 0 spiro atoms. The predicted molar refractivity (Wildman–Crippen MR) is 73.0 cm³/mol. The Labute approximate surface area is 110 Å². The fourth-order valence-corrected chi connectivity index (χ4v) is 1.16. The van der Waals surface area contributed by atoms with Gasteiger partial charge >= 0.3 is 6.18 Å². The molecule has 0 bridgehead atoms. The molecule has 106 valence electrons. The Balaban J connectivity index is 0.00000154. The number of aliphatic imine (C=N–C) groups is 1. The summed E-state index contributed by atoms with van der Waals surface area (Å²) in [7, 11) is 1.39. The van der Waals surface area contributed by atoms with Crippen LogP contribution < -0.4 is 11.5 Å². The topological polar surface area (TPSA) is 64.4 Å². The van der Waals surface area contributed by atoms with Crippen LogP contribution >= 0.6 is 0 Å². The van der Waals surface area contributed by atoms with Gasteiger partial charge in [0.25, 0.3) is 0 Å². The summed E-state index contributed by atoms with van der Waals surface area (Å²) >= 11 is 0. The maximum atomic E-state index is 12.3. The van der Waals surface area contributed by atoms with Crippen molar-refractivity contribution in [2.45, 2.75) is 20.0 Å². The lowest BCUT2D eigenvalue weighted by atomic mass is 10.1. The van der Waals surface area contributed by atoms with Crippen LogP contribution in [0.2, 0.25) is 0 Å². The van der Waals surface area contributed by atoms with Crippen LogP contribution in [0.5, 0.6) is 0 Å². The minimum Gasteiger partial charge on any atom is -0.399 e. The van der Waals surface area contributed by atoms with Crippen molar-refractivity contribution in [3.8, 4) is 0 Å². The number of alkyl halides is 3. The summed E-state index contributed by atoms with van der Waals surface area (Å²) in [6, 6.07) is 6.33. The summed E-state index contributed by atoms with van der Waals surface area (Å²) in [5.74, 6) is 0. The van der Waals surface area contributed by atoms with E-state index in [4.69, 9.17) is 11.5 Å². The van der Waals surface area contributed by atoms with Crippen molar-refractivity contribution in [2.24, 2.45) is 10.7 Å². The highest BCUT2D eigenvalue weighted by Gasteiger charge is 2.31. The molecule has 1 aromatic carbocycles. The van der Waals surface area contributed by atoms with Gasteiger partial charge in [-0.05, 0) is 23.8 Å². The highest BCUT2D eigenvalue weighted by molar-refractivity contribution is 6.09. The molecule has 0 radical (unpaired) electrons. The van der Waals surface area contributed by atoms with E-state index in [9.17, 15) is 13.2 Å². The van der Waals surface area contributed by atoms with Crippen LogP contribution in [-0.4, -0.2) is 18.9 Å². The van der Waals surface area contributed by atoms with Crippen molar-refractivity contribution in [2.75, 3.05) is 12.8 Å². The average Bonchev–Trinajstić information content (AvgIpc) is 2.38. The summed E-state index contributed by atoms with van der Waals surface area (Å²) in [6.45, 7) is 4.00. The van der Waals surface area contributed by atoms with Crippen molar-refractivity contribution < 1.29 is 13.2 Å². The normalized spacial score (nSPS) is 12.7. The molecule has 0 heterocycles. The molecule has 4 N–H and O–H groups in total. The first-order valence-corrected chi connectivity index (χ1v) is 5.71. The first kappa shape index (κ1) is 17.0. The Morgan fingerprint density at radius 3 is 2.00 bits per heavy atom. The third kappa shape index (κ3) is 5.46. The third-order valence-corrected chi connectivity index (χ3v) is 2.07. The molecule has 3 nitrogen and oxygen atoms in total. The Morgan fingerprint density at radius 1 is 1.16 bits per heavy atom. The van der Waals surface area contributed by atoms with E-state index in [1.165, 1.54) is 7.05 Å². The molecule has 0 aliphatic heterocycles. The molecule has 0 atom stereocenters. The number of benzene rings is 1. The Hall–Kier alpha value is -1.98. The Bertz CT molecular complexity index is 445. The molecule has 0 fully saturated rings. The molecule has 1 aromatic rings. The molecule has 0 saturated heterocycles. The summed E-state index contributed by atoms with van der Waals surface area (Å²) in [5, 5.41) is 0. The van der Waals surface area contributed by atoms with Gasteiger partial charge in [-0.3, -0.25) is 4.99 Å².